The molecule has 4 unspecified atom stereocenters. The Morgan fingerprint density at radius 3 is 2.50 bits per heavy atom. The van der Waals surface area contributed by atoms with Gasteiger partial charge < -0.3 is 14.5 Å². The highest BCUT2D eigenvalue weighted by atomic mass is 32.2. The van der Waals surface area contributed by atoms with E-state index >= 15 is 0 Å². The van der Waals surface area contributed by atoms with Crippen molar-refractivity contribution in [2.24, 2.45) is 29.6 Å². The maximum atomic E-state index is 13.9. The number of benzene rings is 2. The lowest BCUT2D eigenvalue weighted by molar-refractivity contribution is -0.384. The van der Waals surface area contributed by atoms with Crippen molar-refractivity contribution in [3.8, 4) is 5.75 Å². The fourth-order valence-corrected chi connectivity index (χ4v) is 10.4. The third kappa shape index (κ3) is 4.01. The van der Waals surface area contributed by atoms with Crippen molar-refractivity contribution in [1.82, 2.24) is 4.98 Å². The summed E-state index contributed by atoms with van der Waals surface area (Å²) >= 11 is 2.72. The van der Waals surface area contributed by atoms with Crippen molar-refractivity contribution < 1.29 is 28.8 Å². The van der Waals surface area contributed by atoms with Gasteiger partial charge in [-0.2, -0.15) is 0 Å². The molecular weight excluding hydrogens is 582 g/mol. The molecule has 42 heavy (non-hydrogen) atoms. The second-order valence-corrected chi connectivity index (χ2v) is 13.1. The van der Waals surface area contributed by atoms with E-state index in [1.807, 2.05) is 18.2 Å². The average molecular weight is 608 g/mol. The van der Waals surface area contributed by atoms with Gasteiger partial charge in [-0.1, -0.05) is 29.5 Å². The van der Waals surface area contributed by atoms with Crippen LogP contribution in [0.3, 0.4) is 0 Å². The molecule has 3 aromatic rings. The summed E-state index contributed by atoms with van der Waals surface area (Å²) in [5.74, 6) is -2.08. The molecule has 3 heterocycles. The molecule has 1 saturated heterocycles. The first kappa shape index (κ1) is 26.9. The summed E-state index contributed by atoms with van der Waals surface area (Å²) in [6.07, 6.45) is 0.713. The van der Waals surface area contributed by atoms with Crippen LogP contribution in [0, 0.1) is 39.7 Å². The number of hydrogen-bond donors (Lipinski definition) is 1. The van der Waals surface area contributed by atoms with Gasteiger partial charge in [-0.15, -0.1) is 11.8 Å². The maximum absolute atomic E-state index is 13.9. The van der Waals surface area contributed by atoms with Crippen LogP contribution in [0.25, 0.3) is 0 Å². The minimum atomic E-state index is -0.522. The Kier molecular flexibility index (Phi) is 6.46. The molecule has 7 atom stereocenters. The van der Waals surface area contributed by atoms with Gasteiger partial charge >= 0.3 is 10.8 Å². The highest BCUT2D eigenvalue weighted by molar-refractivity contribution is 8.00. The molecule has 1 aromatic heterocycles. The van der Waals surface area contributed by atoms with Gasteiger partial charge in [0, 0.05) is 33.7 Å². The molecule has 13 heteroatoms. The van der Waals surface area contributed by atoms with Crippen LogP contribution >= 0.6 is 23.1 Å². The number of nitrogens with one attached hydrogen (secondary N) is 1. The molecule has 2 aromatic carbocycles. The fourth-order valence-electron chi connectivity index (χ4n) is 7.55. The molecular formula is C29H25N3O8S2. The van der Waals surface area contributed by atoms with Gasteiger partial charge in [0.1, 0.15) is 5.75 Å². The van der Waals surface area contributed by atoms with Crippen LogP contribution in [-0.4, -0.2) is 46.2 Å². The second-order valence-electron chi connectivity index (χ2n) is 10.9. The first-order chi connectivity index (χ1) is 20.3. The lowest BCUT2D eigenvalue weighted by Gasteiger charge is -2.43. The number of esters is 1. The summed E-state index contributed by atoms with van der Waals surface area (Å²) in [4.78, 5) is 67.8. The Hall–Kier alpha value is -3.97. The lowest BCUT2D eigenvalue weighted by atomic mass is 9.68. The number of carbonyl (C=O) groups excluding carboxylic acids is 3. The number of fused-ring (bicyclic) bond motifs is 9. The number of ether oxygens (including phenoxy) is 2. The first-order valence-electron chi connectivity index (χ1n) is 13.7. The number of non-ortho nitro benzene ring substituents is 1. The number of nitro groups is 1. The molecule has 2 amide bonds. The van der Waals surface area contributed by atoms with Crippen molar-refractivity contribution in [3.63, 3.8) is 0 Å². The zero-order valence-corrected chi connectivity index (χ0v) is 23.9. The van der Waals surface area contributed by atoms with Crippen molar-refractivity contribution >= 4 is 52.3 Å². The van der Waals surface area contributed by atoms with Gasteiger partial charge in [-0.25, -0.2) is 4.79 Å². The summed E-state index contributed by atoms with van der Waals surface area (Å²) in [7, 11) is 0. The number of amides is 2. The first-order valence-corrected chi connectivity index (χ1v) is 15.4. The molecule has 4 aliphatic rings. The molecule has 2 saturated carbocycles. The molecule has 0 spiro atoms. The number of anilines is 1. The third-order valence-corrected chi connectivity index (χ3v) is 11.5. The zero-order valence-electron chi connectivity index (χ0n) is 22.3. The number of hydrogen-bond acceptors (Lipinski definition) is 10. The molecule has 2 bridgehead atoms. The van der Waals surface area contributed by atoms with E-state index in [1.54, 1.807) is 24.8 Å². The molecule has 3 fully saturated rings. The lowest BCUT2D eigenvalue weighted by Crippen LogP contribution is -2.42. The van der Waals surface area contributed by atoms with E-state index in [1.165, 1.54) is 29.2 Å². The van der Waals surface area contributed by atoms with Gasteiger partial charge in [0.2, 0.25) is 11.8 Å². The van der Waals surface area contributed by atoms with Crippen LogP contribution < -0.4 is 14.5 Å². The standard InChI is InChI=1S/C29H25N3O8S2/c1-2-39-19(33)12-40-18-6-4-3-5-15(18)20-21-16-11-17(24(21)41-26-25(20)42-29(36)30-26)23-22(16)27(34)31(28(23)35)13-7-9-14(10-8-13)32(37)38/h3-10,16-17,20-24H,2,11-12H2,1H3,(H,30,36)/t16-,17-,20-,21?,22?,23?,24?/m1/s1. The van der Waals surface area contributed by atoms with E-state index in [2.05, 4.69) is 4.98 Å². The number of thioether (sulfide) groups is 1. The topological polar surface area (TPSA) is 149 Å². The molecule has 0 radical (unpaired) electrons. The number of para-hydroxylation sites is 1. The molecule has 216 valence electrons. The molecule has 1 N–H and O–H groups in total. The van der Waals surface area contributed by atoms with Gasteiger partial charge in [0.25, 0.3) is 5.69 Å². The Morgan fingerprint density at radius 1 is 1.07 bits per heavy atom. The van der Waals surface area contributed by atoms with Crippen LogP contribution in [-0.2, 0) is 19.1 Å². The van der Waals surface area contributed by atoms with Crippen molar-refractivity contribution in [3.05, 3.63) is 78.8 Å². The number of nitrogens with zero attached hydrogens (tertiary/aromatic N) is 2. The average Bonchev–Trinajstić information content (AvgIpc) is 3.71. The monoisotopic (exact) mass is 607 g/mol. The van der Waals surface area contributed by atoms with E-state index in [-0.39, 0.29) is 64.5 Å². The summed E-state index contributed by atoms with van der Waals surface area (Å²) in [5, 5.41) is 11.9. The maximum Gasteiger partial charge on any atom is 0.344 e. The minimum absolute atomic E-state index is 0.0225. The number of aromatic nitrogens is 1. The normalized spacial score (nSPS) is 28.8. The van der Waals surface area contributed by atoms with Crippen LogP contribution in [0.1, 0.15) is 29.7 Å². The summed E-state index contributed by atoms with van der Waals surface area (Å²) in [6.45, 7) is 1.70. The quantitative estimate of drug-likeness (QED) is 0.182. The van der Waals surface area contributed by atoms with Crippen LogP contribution in [0.15, 0.2) is 58.4 Å². The number of H-pyrrole nitrogens is 1. The van der Waals surface area contributed by atoms with Crippen LogP contribution in [0.5, 0.6) is 5.75 Å². The molecule has 2 aliphatic carbocycles. The highest BCUT2D eigenvalue weighted by Crippen LogP contribution is 2.69. The van der Waals surface area contributed by atoms with Crippen molar-refractivity contribution in [2.75, 3.05) is 18.1 Å². The second kappa shape index (κ2) is 10.1. The summed E-state index contributed by atoms with van der Waals surface area (Å²) in [5.41, 5.74) is 1.03. The van der Waals surface area contributed by atoms with E-state index in [9.17, 15) is 29.3 Å². The van der Waals surface area contributed by atoms with E-state index in [0.29, 0.717) is 17.9 Å². The number of rotatable bonds is 7. The number of carbonyl (C=O) groups is 3. The van der Waals surface area contributed by atoms with Crippen molar-refractivity contribution in [2.45, 2.75) is 29.5 Å². The Morgan fingerprint density at radius 2 is 1.79 bits per heavy atom. The Bertz CT molecular complexity index is 1680. The van der Waals surface area contributed by atoms with Crippen LogP contribution in [0.2, 0.25) is 0 Å². The van der Waals surface area contributed by atoms with E-state index < -0.39 is 22.7 Å². The molecule has 2 aliphatic heterocycles. The van der Waals surface area contributed by atoms with Gasteiger partial charge in [-0.3, -0.25) is 29.4 Å². The predicted molar refractivity (Wildman–Crippen MR) is 153 cm³/mol. The number of imide groups is 1. The van der Waals surface area contributed by atoms with Crippen molar-refractivity contribution in [1.29, 1.82) is 0 Å². The smallest absolute Gasteiger partial charge is 0.344 e. The number of aromatic amines is 1. The molecule has 11 nitrogen and oxygen atoms in total. The summed E-state index contributed by atoms with van der Waals surface area (Å²) in [6, 6.07) is 12.9. The SMILES string of the molecule is CCOC(=O)COc1ccccc1[C@H]1c2sc(=O)[nH]c2SC2C1[C@H]1C[C@@H]2C2C(=O)N(c3ccc([N+](=O)[O-])cc3)C(=O)C21. The predicted octanol–water partition coefficient (Wildman–Crippen LogP) is 3.96. The highest BCUT2D eigenvalue weighted by Gasteiger charge is 2.69. The Balaban J connectivity index is 1.26. The zero-order chi connectivity index (χ0) is 29.3. The minimum Gasteiger partial charge on any atom is -0.482 e. The van der Waals surface area contributed by atoms with Gasteiger partial charge in [0.15, 0.2) is 6.61 Å². The molecule has 7 rings (SSSR count). The summed E-state index contributed by atoms with van der Waals surface area (Å²) < 4.78 is 11.0. The van der Waals surface area contributed by atoms with E-state index in [4.69, 9.17) is 9.47 Å². The fraction of sp³-hybridized carbons (Fsp3) is 0.379. The largest absolute Gasteiger partial charge is 0.482 e. The third-order valence-electron chi connectivity index (χ3n) is 8.95. The number of thiazole rings is 1. The van der Waals surface area contributed by atoms with Crippen LogP contribution in [0.4, 0.5) is 11.4 Å². The Labute approximate surface area is 247 Å². The van der Waals surface area contributed by atoms with Gasteiger partial charge in [0.05, 0.1) is 34.1 Å². The van der Waals surface area contributed by atoms with E-state index in [0.717, 1.165) is 26.8 Å². The van der Waals surface area contributed by atoms with Gasteiger partial charge in [-0.05, 0) is 49.3 Å². The number of nitro benzene ring substituents is 1.